The lowest BCUT2D eigenvalue weighted by atomic mass is 9.77. The highest BCUT2D eigenvalue weighted by Gasteiger charge is 2.32. The van der Waals surface area contributed by atoms with Gasteiger partial charge in [0.1, 0.15) is 5.75 Å². The molecule has 1 aliphatic carbocycles. The first kappa shape index (κ1) is 14.7. The van der Waals surface area contributed by atoms with Crippen molar-refractivity contribution < 1.29 is 9.47 Å². The van der Waals surface area contributed by atoms with E-state index in [0.29, 0.717) is 17.9 Å². The minimum Gasteiger partial charge on any atom is -0.492 e. The SMILES string of the molecule is c1cncc(OCC2CCCCC2c2ccnn2C2COC2)c1. The van der Waals surface area contributed by atoms with Gasteiger partial charge in [-0.3, -0.25) is 9.67 Å². The molecule has 0 spiro atoms. The molecule has 23 heavy (non-hydrogen) atoms. The van der Waals surface area contributed by atoms with Crippen LogP contribution in [-0.2, 0) is 4.74 Å². The van der Waals surface area contributed by atoms with Crippen molar-refractivity contribution in [3.05, 3.63) is 42.5 Å². The molecule has 122 valence electrons. The Kier molecular flexibility index (Phi) is 4.28. The van der Waals surface area contributed by atoms with Gasteiger partial charge in [0, 0.05) is 29.9 Å². The molecule has 0 radical (unpaired) electrons. The molecule has 5 nitrogen and oxygen atoms in total. The Balaban J connectivity index is 1.48. The fourth-order valence-electron chi connectivity index (χ4n) is 3.72. The number of hydrogen-bond acceptors (Lipinski definition) is 4. The van der Waals surface area contributed by atoms with Gasteiger partial charge in [-0.25, -0.2) is 0 Å². The molecule has 1 saturated heterocycles. The first-order valence-corrected chi connectivity index (χ1v) is 8.56. The van der Waals surface area contributed by atoms with Crippen molar-refractivity contribution in [1.82, 2.24) is 14.8 Å². The average molecular weight is 313 g/mol. The van der Waals surface area contributed by atoms with Crippen LogP contribution in [0.25, 0.3) is 0 Å². The third-order valence-corrected chi connectivity index (χ3v) is 5.05. The third-order valence-electron chi connectivity index (χ3n) is 5.05. The summed E-state index contributed by atoms with van der Waals surface area (Å²) in [5, 5.41) is 4.55. The molecule has 2 aliphatic rings. The van der Waals surface area contributed by atoms with Crippen LogP contribution in [0.15, 0.2) is 36.8 Å². The topological polar surface area (TPSA) is 49.2 Å². The molecule has 2 fully saturated rings. The number of hydrogen-bond donors (Lipinski definition) is 0. The number of ether oxygens (including phenoxy) is 2. The number of rotatable bonds is 5. The van der Waals surface area contributed by atoms with Crippen LogP contribution in [0.4, 0.5) is 0 Å². The van der Waals surface area contributed by atoms with Crippen LogP contribution in [0.5, 0.6) is 5.75 Å². The molecule has 1 aliphatic heterocycles. The first-order chi connectivity index (χ1) is 11.4. The van der Waals surface area contributed by atoms with Gasteiger partial charge in [-0.05, 0) is 31.0 Å². The summed E-state index contributed by atoms with van der Waals surface area (Å²) in [4.78, 5) is 4.12. The van der Waals surface area contributed by atoms with Crippen molar-refractivity contribution in [2.75, 3.05) is 19.8 Å². The fraction of sp³-hybridized carbons (Fsp3) is 0.556. The second-order valence-corrected chi connectivity index (χ2v) is 6.54. The van der Waals surface area contributed by atoms with Crippen molar-refractivity contribution in [3.8, 4) is 5.75 Å². The molecule has 2 atom stereocenters. The smallest absolute Gasteiger partial charge is 0.137 e. The quantitative estimate of drug-likeness (QED) is 0.850. The Morgan fingerprint density at radius 3 is 2.87 bits per heavy atom. The Morgan fingerprint density at radius 2 is 2.09 bits per heavy atom. The van der Waals surface area contributed by atoms with Gasteiger partial charge in [0.15, 0.2) is 0 Å². The molecule has 3 heterocycles. The summed E-state index contributed by atoms with van der Waals surface area (Å²) in [6, 6.07) is 6.49. The number of aromatic nitrogens is 3. The first-order valence-electron chi connectivity index (χ1n) is 8.56. The van der Waals surface area contributed by atoms with Crippen LogP contribution < -0.4 is 4.74 Å². The summed E-state index contributed by atoms with van der Waals surface area (Å²) < 4.78 is 13.5. The molecule has 5 heteroatoms. The Labute approximate surface area is 136 Å². The Bertz CT molecular complexity index is 624. The highest BCUT2D eigenvalue weighted by molar-refractivity contribution is 5.16. The zero-order valence-electron chi connectivity index (χ0n) is 13.3. The normalized spacial score (nSPS) is 25.0. The molecule has 2 unspecified atom stereocenters. The van der Waals surface area contributed by atoms with E-state index in [-0.39, 0.29) is 0 Å². The predicted octanol–water partition coefficient (Wildman–Crippen LogP) is 3.20. The highest BCUT2D eigenvalue weighted by atomic mass is 16.5. The van der Waals surface area contributed by atoms with Gasteiger partial charge in [0.2, 0.25) is 0 Å². The van der Waals surface area contributed by atoms with Crippen LogP contribution in [-0.4, -0.2) is 34.6 Å². The monoisotopic (exact) mass is 313 g/mol. The average Bonchev–Trinajstić information content (AvgIpc) is 3.01. The minimum atomic E-state index is 0.418. The van der Waals surface area contributed by atoms with E-state index in [1.807, 2.05) is 18.3 Å². The second-order valence-electron chi connectivity index (χ2n) is 6.54. The zero-order chi connectivity index (χ0) is 15.5. The molecule has 1 saturated carbocycles. The molecule has 0 aromatic carbocycles. The zero-order valence-corrected chi connectivity index (χ0v) is 13.3. The van der Waals surface area contributed by atoms with Gasteiger partial charge >= 0.3 is 0 Å². The van der Waals surface area contributed by atoms with E-state index in [1.165, 1.54) is 31.4 Å². The van der Waals surface area contributed by atoms with Crippen molar-refractivity contribution in [2.45, 2.75) is 37.6 Å². The van der Waals surface area contributed by atoms with Crippen molar-refractivity contribution in [3.63, 3.8) is 0 Å². The molecular formula is C18H23N3O2. The van der Waals surface area contributed by atoms with E-state index < -0.39 is 0 Å². The van der Waals surface area contributed by atoms with E-state index in [9.17, 15) is 0 Å². The lowest BCUT2D eigenvalue weighted by molar-refractivity contribution is -0.0310. The summed E-state index contributed by atoms with van der Waals surface area (Å²) in [6.45, 7) is 2.33. The van der Waals surface area contributed by atoms with E-state index in [4.69, 9.17) is 9.47 Å². The fourth-order valence-corrected chi connectivity index (χ4v) is 3.72. The molecule has 0 amide bonds. The molecule has 2 aromatic rings. The van der Waals surface area contributed by atoms with Crippen molar-refractivity contribution in [2.24, 2.45) is 5.92 Å². The Hall–Kier alpha value is -1.88. The largest absolute Gasteiger partial charge is 0.492 e. The van der Waals surface area contributed by atoms with Crippen molar-refractivity contribution >= 4 is 0 Å². The lowest BCUT2D eigenvalue weighted by Crippen LogP contribution is -2.34. The van der Waals surface area contributed by atoms with Gasteiger partial charge in [-0.1, -0.05) is 12.8 Å². The minimum absolute atomic E-state index is 0.418. The van der Waals surface area contributed by atoms with Gasteiger partial charge in [0.05, 0.1) is 32.1 Å². The Morgan fingerprint density at radius 1 is 1.17 bits per heavy atom. The van der Waals surface area contributed by atoms with E-state index in [0.717, 1.165) is 25.6 Å². The van der Waals surface area contributed by atoms with Gasteiger partial charge in [0.25, 0.3) is 0 Å². The van der Waals surface area contributed by atoms with E-state index in [1.54, 1.807) is 12.4 Å². The third kappa shape index (κ3) is 3.11. The highest BCUT2D eigenvalue weighted by Crippen LogP contribution is 2.39. The number of nitrogens with zero attached hydrogens (tertiary/aromatic N) is 3. The van der Waals surface area contributed by atoms with Crippen LogP contribution in [0.3, 0.4) is 0 Å². The van der Waals surface area contributed by atoms with Crippen molar-refractivity contribution in [1.29, 1.82) is 0 Å². The standard InChI is InChI=1S/C18H23N3O2/c1-2-6-17(18-7-9-20-21(18)15-12-22-13-15)14(4-1)11-23-16-5-3-8-19-10-16/h3,5,7-10,14-15,17H,1-2,4,6,11-13H2. The maximum atomic E-state index is 6.00. The van der Waals surface area contributed by atoms with Crippen LogP contribution in [0, 0.1) is 5.92 Å². The van der Waals surface area contributed by atoms with Crippen LogP contribution in [0.2, 0.25) is 0 Å². The van der Waals surface area contributed by atoms with E-state index >= 15 is 0 Å². The van der Waals surface area contributed by atoms with E-state index in [2.05, 4.69) is 20.8 Å². The molecule has 4 rings (SSSR count). The summed E-state index contributed by atoms with van der Waals surface area (Å²) in [7, 11) is 0. The van der Waals surface area contributed by atoms with Crippen LogP contribution >= 0.6 is 0 Å². The predicted molar refractivity (Wildman–Crippen MR) is 86.5 cm³/mol. The maximum Gasteiger partial charge on any atom is 0.137 e. The summed E-state index contributed by atoms with van der Waals surface area (Å²) in [5.41, 5.74) is 1.36. The molecule has 0 N–H and O–H groups in total. The molecule has 0 bridgehead atoms. The lowest BCUT2D eigenvalue weighted by Gasteiger charge is -2.35. The van der Waals surface area contributed by atoms with Gasteiger partial charge in [-0.15, -0.1) is 0 Å². The van der Waals surface area contributed by atoms with Gasteiger partial charge < -0.3 is 9.47 Å². The van der Waals surface area contributed by atoms with Crippen LogP contribution in [0.1, 0.15) is 43.3 Å². The summed E-state index contributed by atoms with van der Waals surface area (Å²) >= 11 is 0. The summed E-state index contributed by atoms with van der Waals surface area (Å²) in [6.07, 6.45) is 10.5. The number of pyridine rings is 1. The molecule has 2 aromatic heterocycles. The van der Waals surface area contributed by atoms with Gasteiger partial charge in [-0.2, -0.15) is 5.10 Å². The summed E-state index contributed by atoms with van der Waals surface area (Å²) in [5.74, 6) is 1.93. The molecular weight excluding hydrogens is 290 g/mol. The second kappa shape index (κ2) is 6.71. The maximum absolute atomic E-state index is 6.00.